The van der Waals surface area contributed by atoms with Gasteiger partial charge in [0, 0.05) is 18.7 Å². The Morgan fingerprint density at radius 1 is 1.17 bits per heavy atom. The van der Waals surface area contributed by atoms with Crippen molar-refractivity contribution in [2.45, 2.75) is 30.7 Å². The Bertz CT molecular complexity index is 934. The molecule has 0 spiro atoms. The number of imidazole rings is 1. The summed E-state index contributed by atoms with van der Waals surface area (Å²) in [5.41, 5.74) is 3.87. The zero-order valence-electron chi connectivity index (χ0n) is 13.4. The summed E-state index contributed by atoms with van der Waals surface area (Å²) in [7, 11) is 0. The molecule has 5 rings (SSSR count). The quantitative estimate of drug-likeness (QED) is 0.747. The molecule has 0 radical (unpaired) electrons. The molecule has 1 fully saturated rings. The standard InChI is InChI=1S/C20H18N4/c21-13-20(19-22-15-7-2-3-8-16(15)23-19)12-14-6-1-4-9-17(14)24-11-5-10-18(20)24/h1-4,6-9,18H,5,10-12H2,(H,22,23)/t18-,20-/m0/s1. The monoisotopic (exact) mass is 314 g/mol. The maximum Gasteiger partial charge on any atom is 0.139 e. The number of anilines is 1. The van der Waals surface area contributed by atoms with Crippen molar-refractivity contribution in [3.05, 3.63) is 59.9 Å². The minimum absolute atomic E-state index is 0.193. The first-order chi connectivity index (χ1) is 11.8. The van der Waals surface area contributed by atoms with Gasteiger partial charge in [0.2, 0.25) is 0 Å². The molecule has 3 heterocycles. The Morgan fingerprint density at radius 3 is 2.88 bits per heavy atom. The van der Waals surface area contributed by atoms with E-state index < -0.39 is 5.41 Å². The van der Waals surface area contributed by atoms with Crippen molar-refractivity contribution in [2.24, 2.45) is 0 Å². The van der Waals surface area contributed by atoms with Gasteiger partial charge in [-0.2, -0.15) is 5.26 Å². The number of hydrogen-bond acceptors (Lipinski definition) is 3. The number of benzene rings is 2. The molecule has 0 bridgehead atoms. The van der Waals surface area contributed by atoms with Gasteiger partial charge in [0.25, 0.3) is 0 Å². The largest absolute Gasteiger partial charge is 0.366 e. The lowest BCUT2D eigenvalue weighted by Gasteiger charge is -2.43. The summed E-state index contributed by atoms with van der Waals surface area (Å²) in [4.78, 5) is 10.7. The van der Waals surface area contributed by atoms with Crippen molar-refractivity contribution in [2.75, 3.05) is 11.4 Å². The lowest BCUT2D eigenvalue weighted by molar-refractivity contribution is 0.393. The van der Waals surface area contributed by atoms with E-state index in [-0.39, 0.29) is 6.04 Å². The van der Waals surface area contributed by atoms with E-state index in [9.17, 15) is 5.26 Å². The van der Waals surface area contributed by atoms with Crippen LogP contribution in [0.2, 0.25) is 0 Å². The molecule has 1 N–H and O–H groups in total. The fourth-order valence-corrected chi connectivity index (χ4v) is 4.50. The number of rotatable bonds is 1. The van der Waals surface area contributed by atoms with Gasteiger partial charge in [-0.3, -0.25) is 0 Å². The Morgan fingerprint density at radius 2 is 2.00 bits per heavy atom. The molecular weight excluding hydrogens is 296 g/mol. The van der Waals surface area contributed by atoms with E-state index in [1.165, 1.54) is 11.3 Å². The number of nitrogens with zero attached hydrogens (tertiary/aromatic N) is 3. The van der Waals surface area contributed by atoms with Gasteiger partial charge in [-0.25, -0.2) is 4.98 Å². The van der Waals surface area contributed by atoms with Crippen LogP contribution in [-0.4, -0.2) is 22.6 Å². The Balaban J connectivity index is 1.73. The lowest BCUT2D eigenvalue weighted by atomic mass is 9.71. The van der Waals surface area contributed by atoms with Gasteiger partial charge in [-0.05, 0) is 36.6 Å². The van der Waals surface area contributed by atoms with Crippen molar-refractivity contribution < 1.29 is 0 Å². The topological polar surface area (TPSA) is 55.7 Å². The molecule has 24 heavy (non-hydrogen) atoms. The summed E-state index contributed by atoms with van der Waals surface area (Å²) in [6.07, 6.45) is 2.89. The number of nitrogens with one attached hydrogen (secondary N) is 1. The molecule has 0 aliphatic carbocycles. The van der Waals surface area contributed by atoms with Gasteiger partial charge < -0.3 is 9.88 Å². The molecule has 0 unspecified atom stereocenters. The number of para-hydroxylation sites is 3. The summed E-state index contributed by atoms with van der Waals surface area (Å²) in [5, 5.41) is 10.3. The van der Waals surface area contributed by atoms with Gasteiger partial charge >= 0.3 is 0 Å². The summed E-state index contributed by atoms with van der Waals surface area (Å²) >= 11 is 0. The van der Waals surface area contributed by atoms with Crippen LogP contribution in [0, 0.1) is 11.3 Å². The van der Waals surface area contributed by atoms with Crippen LogP contribution in [0.15, 0.2) is 48.5 Å². The third kappa shape index (κ3) is 1.70. The van der Waals surface area contributed by atoms with Crippen molar-refractivity contribution in [1.82, 2.24) is 9.97 Å². The van der Waals surface area contributed by atoms with Crippen LogP contribution in [0.25, 0.3) is 11.0 Å². The van der Waals surface area contributed by atoms with E-state index in [1.54, 1.807) is 0 Å². The number of nitriles is 1. The van der Waals surface area contributed by atoms with Crippen LogP contribution < -0.4 is 4.90 Å². The summed E-state index contributed by atoms with van der Waals surface area (Å²) in [6, 6.07) is 19.4. The molecule has 0 saturated carbocycles. The van der Waals surface area contributed by atoms with Crippen molar-refractivity contribution in [1.29, 1.82) is 5.26 Å². The second-order valence-electron chi connectivity index (χ2n) is 6.84. The van der Waals surface area contributed by atoms with Crippen LogP contribution in [0.3, 0.4) is 0 Å². The molecule has 2 aromatic carbocycles. The predicted octanol–water partition coefficient (Wildman–Crippen LogP) is 3.55. The average Bonchev–Trinajstić information content (AvgIpc) is 3.28. The van der Waals surface area contributed by atoms with E-state index in [1.807, 2.05) is 24.3 Å². The van der Waals surface area contributed by atoms with E-state index >= 15 is 0 Å². The molecule has 1 saturated heterocycles. The highest BCUT2D eigenvalue weighted by Gasteiger charge is 2.51. The third-order valence-electron chi connectivity index (χ3n) is 5.60. The number of aromatic nitrogens is 2. The van der Waals surface area contributed by atoms with Gasteiger partial charge in [-0.15, -0.1) is 0 Å². The fourth-order valence-electron chi connectivity index (χ4n) is 4.50. The van der Waals surface area contributed by atoms with Gasteiger partial charge in [0.15, 0.2) is 0 Å². The molecule has 1 aromatic heterocycles. The van der Waals surface area contributed by atoms with Crippen molar-refractivity contribution in [3.8, 4) is 6.07 Å². The average molecular weight is 314 g/mol. The maximum absolute atomic E-state index is 10.3. The van der Waals surface area contributed by atoms with Gasteiger partial charge in [-0.1, -0.05) is 30.3 Å². The Labute approximate surface area is 140 Å². The van der Waals surface area contributed by atoms with Crippen LogP contribution in [0.4, 0.5) is 5.69 Å². The molecule has 118 valence electrons. The van der Waals surface area contributed by atoms with E-state index in [4.69, 9.17) is 4.98 Å². The first-order valence-corrected chi connectivity index (χ1v) is 8.53. The molecule has 4 nitrogen and oxygen atoms in total. The molecular formula is C20H18N4. The zero-order valence-corrected chi connectivity index (χ0v) is 13.4. The fraction of sp³-hybridized carbons (Fsp3) is 0.300. The highest BCUT2D eigenvalue weighted by atomic mass is 15.2. The van der Waals surface area contributed by atoms with Crippen molar-refractivity contribution >= 4 is 16.7 Å². The Kier molecular flexibility index (Phi) is 2.75. The molecule has 2 aliphatic rings. The zero-order chi connectivity index (χ0) is 16.1. The molecule has 4 heteroatoms. The second kappa shape index (κ2) is 4.85. The van der Waals surface area contributed by atoms with E-state index in [0.29, 0.717) is 0 Å². The third-order valence-corrected chi connectivity index (χ3v) is 5.60. The van der Waals surface area contributed by atoms with Gasteiger partial charge in [0.05, 0.1) is 23.1 Å². The van der Waals surface area contributed by atoms with E-state index in [2.05, 4.69) is 40.2 Å². The molecule has 2 aliphatic heterocycles. The predicted molar refractivity (Wildman–Crippen MR) is 93.9 cm³/mol. The number of fused-ring (bicyclic) bond motifs is 4. The van der Waals surface area contributed by atoms with Gasteiger partial charge in [0.1, 0.15) is 11.2 Å². The van der Waals surface area contributed by atoms with E-state index in [0.717, 1.165) is 42.7 Å². The maximum atomic E-state index is 10.3. The molecule has 2 atom stereocenters. The lowest BCUT2D eigenvalue weighted by Crippen LogP contribution is -2.52. The number of aromatic amines is 1. The van der Waals surface area contributed by atoms with Crippen LogP contribution in [0.1, 0.15) is 24.2 Å². The highest BCUT2D eigenvalue weighted by molar-refractivity contribution is 5.75. The molecule has 0 amide bonds. The van der Waals surface area contributed by atoms with Crippen LogP contribution >= 0.6 is 0 Å². The summed E-state index contributed by atoms with van der Waals surface area (Å²) in [6.45, 7) is 1.02. The first-order valence-electron chi connectivity index (χ1n) is 8.53. The molecule has 3 aromatic rings. The normalized spacial score (nSPS) is 25.3. The minimum atomic E-state index is -0.607. The Hall–Kier alpha value is -2.80. The first kappa shape index (κ1) is 13.6. The minimum Gasteiger partial charge on any atom is -0.366 e. The smallest absolute Gasteiger partial charge is 0.139 e. The van der Waals surface area contributed by atoms with Crippen LogP contribution in [0.5, 0.6) is 0 Å². The van der Waals surface area contributed by atoms with Crippen LogP contribution in [-0.2, 0) is 11.8 Å². The second-order valence-corrected chi connectivity index (χ2v) is 6.84. The SMILES string of the molecule is N#C[C@@]1(c2nc3ccccc3[nH]2)Cc2ccccc2N2CCC[C@H]21. The van der Waals surface area contributed by atoms with Crippen molar-refractivity contribution in [3.63, 3.8) is 0 Å². The number of H-pyrrole nitrogens is 1. The summed E-state index contributed by atoms with van der Waals surface area (Å²) in [5.74, 6) is 0.817. The number of hydrogen-bond donors (Lipinski definition) is 1. The highest BCUT2D eigenvalue weighted by Crippen LogP contribution is 2.46. The summed E-state index contributed by atoms with van der Waals surface area (Å²) < 4.78 is 0.